The van der Waals surface area contributed by atoms with Crippen LogP contribution in [0.15, 0.2) is 28.1 Å². The van der Waals surface area contributed by atoms with Crippen molar-refractivity contribution >= 4 is 33.2 Å². The van der Waals surface area contributed by atoms with Crippen LogP contribution in [0.4, 0.5) is 0 Å². The molecular formula is C13H13BrN2O2S. The molecule has 0 atom stereocenters. The number of phenolic OH excluding ortho intramolecular Hbond substituents is 1. The van der Waals surface area contributed by atoms with Crippen LogP contribution < -0.4 is 5.32 Å². The fraction of sp³-hybridized carbons (Fsp3) is 0.231. The van der Waals surface area contributed by atoms with E-state index in [4.69, 9.17) is 0 Å². The number of phenols is 1. The third-order valence-corrected chi connectivity index (χ3v) is 4.03. The average Bonchev–Trinajstić information content (AvgIpc) is 2.78. The number of thiazole rings is 1. The van der Waals surface area contributed by atoms with Gasteiger partial charge in [0, 0.05) is 23.9 Å². The van der Waals surface area contributed by atoms with Crippen LogP contribution in [0.2, 0.25) is 0 Å². The maximum Gasteiger partial charge on any atom is 0.251 e. The predicted octanol–water partition coefficient (Wildman–Crippen LogP) is 2.89. The first-order valence-corrected chi connectivity index (χ1v) is 7.41. The summed E-state index contributed by atoms with van der Waals surface area (Å²) >= 11 is 4.78. The summed E-state index contributed by atoms with van der Waals surface area (Å²) in [6.45, 7) is 2.48. The molecule has 0 fully saturated rings. The average molecular weight is 341 g/mol. The van der Waals surface area contributed by atoms with Gasteiger partial charge in [-0.05, 0) is 41.1 Å². The molecule has 6 heteroatoms. The third-order valence-electron chi connectivity index (χ3n) is 2.54. The van der Waals surface area contributed by atoms with Gasteiger partial charge in [0.25, 0.3) is 5.91 Å². The highest BCUT2D eigenvalue weighted by atomic mass is 79.9. The molecule has 0 bridgehead atoms. The van der Waals surface area contributed by atoms with Crippen LogP contribution in [0.25, 0.3) is 0 Å². The first-order chi connectivity index (χ1) is 9.06. The smallest absolute Gasteiger partial charge is 0.251 e. The molecule has 100 valence electrons. The Labute approximate surface area is 123 Å². The van der Waals surface area contributed by atoms with Crippen LogP contribution in [0.3, 0.4) is 0 Å². The Hall–Kier alpha value is -1.40. The van der Waals surface area contributed by atoms with E-state index in [0.29, 0.717) is 23.0 Å². The zero-order valence-corrected chi connectivity index (χ0v) is 12.7. The van der Waals surface area contributed by atoms with E-state index < -0.39 is 0 Å². The van der Waals surface area contributed by atoms with Gasteiger partial charge in [-0.3, -0.25) is 4.79 Å². The number of rotatable bonds is 4. The molecule has 0 aliphatic heterocycles. The Bertz CT molecular complexity index is 598. The molecule has 0 aliphatic rings. The van der Waals surface area contributed by atoms with Crippen molar-refractivity contribution in [2.75, 3.05) is 6.54 Å². The minimum absolute atomic E-state index is 0.0581. The van der Waals surface area contributed by atoms with Crippen molar-refractivity contribution < 1.29 is 9.90 Å². The molecule has 0 unspecified atom stereocenters. The highest BCUT2D eigenvalue weighted by Crippen LogP contribution is 2.24. The molecule has 0 aliphatic carbocycles. The lowest BCUT2D eigenvalue weighted by molar-refractivity contribution is 0.0953. The Morgan fingerprint density at radius 2 is 2.32 bits per heavy atom. The van der Waals surface area contributed by atoms with Crippen LogP contribution in [-0.2, 0) is 6.42 Å². The molecule has 1 aromatic carbocycles. The lowest BCUT2D eigenvalue weighted by Gasteiger charge is -2.05. The Morgan fingerprint density at radius 1 is 1.53 bits per heavy atom. The number of benzene rings is 1. The lowest BCUT2D eigenvalue weighted by Crippen LogP contribution is -2.25. The zero-order valence-electron chi connectivity index (χ0n) is 10.3. The fourth-order valence-corrected chi connectivity index (χ4v) is 2.48. The van der Waals surface area contributed by atoms with Gasteiger partial charge in [0.15, 0.2) is 0 Å². The SMILES string of the molecule is Cc1nc(CCNC(=O)c2ccc(Br)c(O)c2)cs1. The number of aromatic hydroxyl groups is 1. The van der Waals surface area contributed by atoms with E-state index in [1.54, 1.807) is 23.5 Å². The topological polar surface area (TPSA) is 62.2 Å². The maximum atomic E-state index is 11.8. The van der Waals surface area contributed by atoms with Crippen molar-refractivity contribution in [3.8, 4) is 5.75 Å². The summed E-state index contributed by atoms with van der Waals surface area (Å²) in [6, 6.07) is 4.74. The zero-order chi connectivity index (χ0) is 13.8. The van der Waals surface area contributed by atoms with E-state index in [1.165, 1.54) is 6.07 Å². The van der Waals surface area contributed by atoms with Gasteiger partial charge < -0.3 is 10.4 Å². The van der Waals surface area contributed by atoms with Crippen molar-refractivity contribution in [1.82, 2.24) is 10.3 Å². The molecule has 2 rings (SSSR count). The van der Waals surface area contributed by atoms with E-state index in [2.05, 4.69) is 26.2 Å². The van der Waals surface area contributed by atoms with E-state index in [9.17, 15) is 9.90 Å². The number of carbonyl (C=O) groups excluding carboxylic acids is 1. The van der Waals surface area contributed by atoms with Gasteiger partial charge in [0.1, 0.15) is 5.75 Å². The van der Waals surface area contributed by atoms with Gasteiger partial charge in [-0.15, -0.1) is 11.3 Å². The molecule has 0 saturated carbocycles. The van der Waals surface area contributed by atoms with Gasteiger partial charge in [-0.25, -0.2) is 4.98 Å². The molecule has 4 nitrogen and oxygen atoms in total. The van der Waals surface area contributed by atoms with Gasteiger partial charge in [-0.2, -0.15) is 0 Å². The third kappa shape index (κ3) is 3.78. The number of aromatic nitrogens is 1. The Balaban J connectivity index is 1.89. The highest BCUT2D eigenvalue weighted by Gasteiger charge is 2.08. The monoisotopic (exact) mass is 340 g/mol. The van der Waals surface area contributed by atoms with E-state index in [0.717, 1.165) is 10.7 Å². The number of aryl methyl sites for hydroxylation is 1. The van der Waals surface area contributed by atoms with E-state index in [1.807, 2.05) is 12.3 Å². The van der Waals surface area contributed by atoms with Crippen LogP contribution in [-0.4, -0.2) is 22.5 Å². The summed E-state index contributed by atoms with van der Waals surface area (Å²) in [5.41, 5.74) is 1.43. The second kappa shape index (κ2) is 6.16. The summed E-state index contributed by atoms with van der Waals surface area (Å²) < 4.78 is 0.571. The van der Waals surface area contributed by atoms with Gasteiger partial charge in [0.2, 0.25) is 0 Å². The van der Waals surface area contributed by atoms with Gasteiger partial charge in [0.05, 0.1) is 15.2 Å². The molecule has 1 heterocycles. The summed E-state index contributed by atoms with van der Waals surface area (Å²) in [7, 11) is 0. The first kappa shape index (κ1) is 14.0. The molecule has 1 amide bonds. The fourth-order valence-electron chi connectivity index (χ4n) is 1.58. The number of halogens is 1. The number of hydrogen-bond donors (Lipinski definition) is 2. The molecule has 0 radical (unpaired) electrons. The van der Waals surface area contributed by atoms with Crippen LogP contribution >= 0.6 is 27.3 Å². The summed E-state index contributed by atoms with van der Waals surface area (Å²) in [5, 5.41) is 15.3. The number of nitrogens with zero attached hydrogens (tertiary/aromatic N) is 1. The lowest BCUT2D eigenvalue weighted by atomic mass is 10.2. The molecule has 0 saturated heterocycles. The number of carbonyl (C=O) groups is 1. The van der Waals surface area contributed by atoms with Crippen LogP contribution in [0, 0.1) is 6.92 Å². The van der Waals surface area contributed by atoms with E-state index in [-0.39, 0.29) is 11.7 Å². The predicted molar refractivity (Wildman–Crippen MR) is 78.7 cm³/mol. The minimum Gasteiger partial charge on any atom is -0.507 e. The second-order valence-electron chi connectivity index (χ2n) is 4.03. The highest BCUT2D eigenvalue weighted by molar-refractivity contribution is 9.10. The van der Waals surface area contributed by atoms with Crippen molar-refractivity contribution in [1.29, 1.82) is 0 Å². The van der Waals surface area contributed by atoms with Crippen molar-refractivity contribution in [3.63, 3.8) is 0 Å². The van der Waals surface area contributed by atoms with E-state index >= 15 is 0 Å². The summed E-state index contributed by atoms with van der Waals surface area (Å²) in [6.07, 6.45) is 0.707. The first-order valence-electron chi connectivity index (χ1n) is 5.74. The molecule has 19 heavy (non-hydrogen) atoms. The van der Waals surface area contributed by atoms with Gasteiger partial charge >= 0.3 is 0 Å². The van der Waals surface area contributed by atoms with Crippen molar-refractivity contribution in [2.45, 2.75) is 13.3 Å². The molecule has 1 aromatic heterocycles. The minimum atomic E-state index is -0.199. The molecule has 0 spiro atoms. The second-order valence-corrected chi connectivity index (χ2v) is 5.95. The number of amides is 1. The van der Waals surface area contributed by atoms with Crippen molar-refractivity contribution in [3.05, 3.63) is 44.3 Å². The molecular weight excluding hydrogens is 328 g/mol. The molecule has 2 N–H and O–H groups in total. The summed E-state index contributed by atoms with van der Waals surface area (Å²) in [4.78, 5) is 16.2. The van der Waals surface area contributed by atoms with Crippen molar-refractivity contribution in [2.24, 2.45) is 0 Å². The number of hydrogen-bond acceptors (Lipinski definition) is 4. The van der Waals surface area contributed by atoms with Crippen LogP contribution in [0.5, 0.6) is 5.75 Å². The standard InChI is InChI=1S/C13H13BrN2O2S/c1-8-16-10(7-19-8)4-5-15-13(18)9-2-3-11(14)12(17)6-9/h2-3,6-7,17H,4-5H2,1H3,(H,15,18). The van der Waals surface area contributed by atoms with Gasteiger partial charge in [-0.1, -0.05) is 0 Å². The summed E-state index contributed by atoms with van der Waals surface area (Å²) in [5.74, 6) is -0.141. The normalized spacial score (nSPS) is 10.4. The van der Waals surface area contributed by atoms with Crippen LogP contribution in [0.1, 0.15) is 21.1 Å². The maximum absolute atomic E-state index is 11.8. The molecule has 2 aromatic rings. The quantitative estimate of drug-likeness (QED) is 0.899. The largest absolute Gasteiger partial charge is 0.507 e. The Morgan fingerprint density at radius 3 is 2.95 bits per heavy atom. The number of nitrogens with one attached hydrogen (secondary N) is 1. The Kier molecular flexibility index (Phi) is 4.55.